The fourth-order valence-electron chi connectivity index (χ4n) is 5.09. The highest BCUT2D eigenvalue weighted by molar-refractivity contribution is 8.14. The second kappa shape index (κ2) is 13.0. The van der Waals surface area contributed by atoms with E-state index in [1.807, 2.05) is 30.3 Å². The molecule has 0 spiro atoms. The van der Waals surface area contributed by atoms with Crippen LogP contribution in [0.15, 0.2) is 76.8 Å². The summed E-state index contributed by atoms with van der Waals surface area (Å²) in [6, 6.07) is 20.7. The molecule has 0 saturated carbocycles. The van der Waals surface area contributed by atoms with Gasteiger partial charge in [-0.25, -0.2) is 21.8 Å². The first-order valence-electron chi connectivity index (χ1n) is 13.9. The molecule has 0 saturated heterocycles. The molecule has 44 heavy (non-hydrogen) atoms. The van der Waals surface area contributed by atoms with Crippen LogP contribution < -0.4 is 14.3 Å². The lowest BCUT2D eigenvalue weighted by Crippen LogP contribution is -2.36. The topological polar surface area (TPSA) is 141 Å². The van der Waals surface area contributed by atoms with Crippen LogP contribution >= 0.6 is 11.8 Å². The fourth-order valence-corrected chi connectivity index (χ4v) is 6.93. The van der Waals surface area contributed by atoms with Gasteiger partial charge in [-0.15, -0.1) is 0 Å². The number of nitrogens with one attached hydrogen (secondary N) is 2. The van der Waals surface area contributed by atoms with E-state index in [2.05, 4.69) is 31.6 Å². The molecule has 11 nitrogen and oxygen atoms in total. The summed E-state index contributed by atoms with van der Waals surface area (Å²) in [6.07, 6.45) is 4.68. The zero-order valence-electron chi connectivity index (χ0n) is 24.6. The maximum Gasteiger partial charge on any atom is 0.301 e. The number of amidine groups is 1. The Bertz CT molecular complexity index is 1820. The summed E-state index contributed by atoms with van der Waals surface area (Å²) in [7, 11) is -5.10. The number of fused-ring (bicyclic) bond motifs is 1. The number of hydrogen-bond acceptors (Lipinski definition) is 8. The molecule has 2 N–H and O–H groups in total. The largest absolute Gasteiger partial charge is 0.326 e. The first-order chi connectivity index (χ1) is 20.8. The van der Waals surface area contributed by atoms with Gasteiger partial charge in [-0.3, -0.25) is 19.2 Å². The molecule has 2 aliphatic rings. The van der Waals surface area contributed by atoms with Crippen molar-refractivity contribution < 1.29 is 21.6 Å². The molecule has 5 rings (SSSR count). The molecule has 1 amide bonds. The van der Waals surface area contributed by atoms with Gasteiger partial charge in [0.2, 0.25) is 20.0 Å². The van der Waals surface area contributed by atoms with E-state index < -0.39 is 20.0 Å². The van der Waals surface area contributed by atoms with Gasteiger partial charge in [-0.1, -0.05) is 30.0 Å². The Morgan fingerprint density at radius 2 is 1.57 bits per heavy atom. The number of hydrazone groups is 1. The lowest BCUT2D eigenvalue weighted by molar-refractivity contribution is 0.235. The van der Waals surface area contributed by atoms with E-state index in [0.29, 0.717) is 30.1 Å². The van der Waals surface area contributed by atoms with Crippen LogP contribution in [0.5, 0.6) is 0 Å². The number of carbonyl (C=O) groups is 1. The van der Waals surface area contributed by atoms with Gasteiger partial charge < -0.3 is 4.90 Å². The molecular weight excluding hydrogens is 621 g/mol. The average molecular weight is 655 g/mol. The van der Waals surface area contributed by atoms with Crippen LogP contribution in [0.3, 0.4) is 0 Å². The molecular formula is C30H34N6O5S3. The zero-order valence-corrected chi connectivity index (χ0v) is 27.1. The van der Waals surface area contributed by atoms with Crippen molar-refractivity contribution in [3.05, 3.63) is 89.0 Å². The van der Waals surface area contributed by atoms with Gasteiger partial charge in [0.1, 0.15) is 5.84 Å². The van der Waals surface area contributed by atoms with Crippen LogP contribution in [-0.2, 0) is 32.9 Å². The number of aliphatic imine (C=N–C) groups is 1. The number of nitrogens with zero attached hydrogens (tertiary/aromatic N) is 4. The molecule has 14 heteroatoms. The monoisotopic (exact) mass is 654 g/mol. The standard InChI is InChI=1S/C30H34N6O5S3/c1-35-30(37)42-20-27(32-35)23-10-15-28-24(19-23)5-4-18-36(28)29(22-8-13-26(14-9-22)34-44(3,40)41)31-17-16-21-6-11-25(12-7-21)33-43(2,38)39/h6-15,19,33-34H,4-5,16-18,20H2,1-3H3. The van der Waals surface area contributed by atoms with Crippen LogP contribution in [0.4, 0.5) is 21.9 Å². The Morgan fingerprint density at radius 1 is 0.932 bits per heavy atom. The van der Waals surface area contributed by atoms with Crippen LogP contribution in [0.1, 0.15) is 28.7 Å². The minimum atomic E-state index is -3.41. The minimum absolute atomic E-state index is 0.0713. The van der Waals surface area contributed by atoms with E-state index in [1.54, 1.807) is 31.3 Å². The summed E-state index contributed by atoms with van der Waals surface area (Å²) in [6.45, 7) is 1.24. The number of anilines is 3. The number of thioether (sulfide) groups is 1. The number of amides is 1. The fraction of sp³-hybridized carbons (Fsp3) is 0.300. The molecule has 232 valence electrons. The van der Waals surface area contributed by atoms with Crippen molar-refractivity contribution >= 4 is 65.7 Å². The van der Waals surface area contributed by atoms with Gasteiger partial charge in [0.25, 0.3) is 0 Å². The van der Waals surface area contributed by atoms with Crippen LogP contribution in [0.2, 0.25) is 0 Å². The van der Waals surface area contributed by atoms with Crippen molar-refractivity contribution in [2.24, 2.45) is 10.1 Å². The van der Waals surface area contributed by atoms with Gasteiger partial charge in [-0.05, 0) is 84.5 Å². The van der Waals surface area contributed by atoms with E-state index >= 15 is 0 Å². The number of benzene rings is 3. The predicted molar refractivity (Wildman–Crippen MR) is 179 cm³/mol. The third kappa shape index (κ3) is 8.18. The Labute approximate surface area is 262 Å². The van der Waals surface area contributed by atoms with Crippen LogP contribution in [-0.4, -0.2) is 77.0 Å². The van der Waals surface area contributed by atoms with E-state index in [0.717, 1.165) is 71.4 Å². The summed E-state index contributed by atoms with van der Waals surface area (Å²) in [5.41, 5.74) is 6.89. The van der Waals surface area contributed by atoms with Crippen molar-refractivity contribution in [2.75, 3.05) is 52.7 Å². The molecule has 2 aliphatic heterocycles. The molecule has 3 aromatic rings. The maximum atomic E-state index is 11.9. The molecule has 0 atom stereocenters. The number of sulfonamides is 2. The Kier molecular flexibility index (Phi) is 9.32. The number of aryl methyl sites for hydroxylation is 1. The molecule has 0 bridgehead atoms. The summed E-state index contributed by atoms with van der Waals surface area (Å²) in [5.74, 6) is 1.30. The van der Waals surface area contributed by atoms with Gasteiger partial charge >= 0.3 is 5.24 Å². The smallest absolute Gasteiger partial charge is 0.301 e. The summed E-state index contributed by atoms with van der Waals surface area (Å²) in [4.78, 5) is 19.1. The zero-order chi connectivity index (χ0) is 31.5. The van der Waals surface area contributed by atoms with E-state index in [9.17, 15) is 21.6 Å². The minimum Gasteiger partial charge on any atom is -0.326 e. The Morgan fingerprint density at radius 3 is 2.18 bits per heavy atom. The van der Waals surface area contributed by atoms with Gasteiger partial charge in [0, 0.05) is 48.5 Å². The van der Waals surface area contributed by atoms with Crippen LogP contribution in [0, 0.1) is 0 Å². The molecule has 2 heterocycles. The van der Waals surface area contributed by atoms with Crippen molar-refractivity contribution in [3.8, 4) is 0 Å². The molecule has 0 unspecified atom stereocenters. The maximum absolute atomic E-state index is 11.9. The lowest BCUT2D eigenvalue weighted by Gasteiger charge is -2.33. The molecule has 0 fully saturated rings. The highest BCUT2D eigenvalue weighted by atomic mass is 32.2. The van der Waals surface area contributed by atoms with Crippen LogP contribution in [0.25, 0.3) is 0 Å². The second-order valence-electron chi connectivity index (χ2n) is 10.7. The highest BCUT2D eigenvalue weighted by Crippen LogP contribution is 2.31. The first-order valence-corrected chi connectivity index (χ1v) is 18.7. The molecule has 3 aromatic carbocycles. The number of rotatable bonds is 9. The second-order valence-corrected chi connectivity index (χ2v) is 15.1. The number of hydrogen-bond donors (Lipinski definition) is 2. The van der Waals surface area contributed by atoms with Crippen molar-refractivity contribution in [2.45, 2.75) is 19.3 Å². The van der Waals surface area contributed by atoms with Crippen molar-refractivity contribution in [1.82, 2.24) is 5.01 Å². The molecule has 0 radical (unpaired) electrons. The summed E-state index contributed by atoms with van der Waals surface area (Å²) in [5, 5.41) is 5.77. The normalized spacial score (nSPS) is 15.9. The Balaban J connectivity index is 1.44. The molecule has 0 aromatic heterocycles. The third-order valence-electron chi connectivity index (χ3n) is 7.02. The molecule has 0 aliphatic carbocycles. The SMILES string of the molecule is CN1N=C(c2ccc3c(c2)CCCN3C(=NCCc2ccc(NS(C)(=O)=O)cc2)c2ccc(NS(C)(=O)=O)cc2)CSC1=O. The van der Waals surface area contributed by atoms with Crippen molar-refractivity contribution in [1.29, 1.82) is 0 Å². The summed E-state index contributed by atoms with van der Waals surface area (Å²) < 4.78 is 51.5. The summed E-state index contributed by atoms with van der Waals surface area (Å²) >= 11 is 1.24. The number of carbonyl (C=O) groups excluding carboxylic acids is 1. The quantitative estimate of drug-likeness (QED) is 0.258. The van der Waals surface area contributed by atoms with E-state index in [4.69, 9.17) is 4.99 Å². The van der Waals surface area contributed by atoms with Crippen molar-refractivity contribution in [3.63, 3.8) is 0 Å². The van der Waals surface area contributed by atoms with E-state index in [-0.39, 0.29) is 5.24 Å². The Hall–Kier alpha value is -3.88. The first kappa shape index (κ1) is 31.5. The van der Waals surface area contributed by atoms with Gasteiger partial charge in [0.15, 0.2) is 0 Å². The lowest BCUT2D eigenvalue weighted by atomic mass is 9.97. The predicted octanol–water partition coefficient (Wildman–Crippen LogP) is 4.37. The average Bonchev–Trinajstić information content (AvgIpc) is 2.96. The van der Waals surface area contributed by atoms with Gasteiger partial charge in [0.05, 0.1) is 18.2 Å². The van der Waals surface area contributed by atoms with E-state index in [1.165, 1.54) is 16.8 Å². The third-order valence-corrected chi connectivity index (χ3v) is 9.16. The highest BCUT2D eigenvalue weighted by Gasteiger charge is 2.25. The van der Waals surface area contributed by atoms with Gasteiger partial charge in [-0.2, -0.15) is 5.10 Å².